The van der Waals surface area contributed by atoms with Gasteiger partial charge in [-0.05, 0) is 69.2 Å². The van der Waals surface area contributed by atoms with Crippen LogP contribution in [0.5, 0.6) is 0 Å². The molecule has 160 valence electrons. The van der Waals surface area contributed by atoms with E-state index in [1.165, 1.54) is 12.0 Å². The van der Waals surface area contributed by atoms with Crippen LogP contribution in [-0.4, -0.2) is 40.0 Å². The molecule has 0 saturated carbocycles. The summed E-state index contributed by atoms with van der Waals surface area (Å²) in [5, 5.41) is 5.45. The van der Waals surface area contributed by atoms with Gasteiger partial charge in [-0.25, -0.2) is 9.97 Å². The molecule has 4 heterocycles. The molecule has 31 heavy (non-hydrogen) atoms. The number of thiazole rings is 1. The Morgan fingerprint density at radius 1 is 1.16 bits per heavy atom. The number of pyridine rings is 2. The van der Waals surface area contributed by atoms with Crippen LogP contribution in [0.4, 0.5) is 0 Å². The summed E-state index contributed by atoms with van der Waals surface area (Å²) in [4.78, 5) is 20.8. The normalized spacial score (nSPS) is 19.9. The smallest absolute Gasteiger partial charge is 0.143 e. The Balaban J connectivity index is 1.39. The molecule has 0 bridgehead atoms. The van der Waals surface area contributed by atoms with Gasteiger partial charge in [0, 0.05) is 24.6 Å². The van der Waals surface area contributed by atoms with Crippen molar-refractivity contribution in [1.82, 2.24) is 15.0 Å². The first-order valence-corrected chi connectivity index (χ1v) is 11.8. The maximum absolute atomic E-state index is 5.75. The van der Waals surface area contributed by atoms with Crippen molar-refractivity contribution < 1.29 is 9.57 Å². The molecule has 0 aromatic carbocycles. The maximum atomic E-state index is 5.75. The topological polar surface area (TPSA) is 69.5 Å². The molecule has 1 aliphatic carbocycles. The molecule has 3 aromatic heterocycles. The minimum atomic E-state index is 0.159. The van der Waals surface area contributed by atoms with Gasteiger partial charge in [0.15, 0.2) is 0 Å². The van der Waals surface area contributed by atoms with Crippen molar-refractivity contribution in [3.8, 4) is 21.1 Å². The summed E-state index contributed by atoms with van der Waals surface area (Å²) in [5.41, 5.74) is 6.09. The van der Waals surface area contributed by atoms with Crippen LogP contribution in [0, 0.1) is 6.92 Å². The van der Waals surface area contributed by atoms with Gasteiger partial charge in [-0.3, -0.25) is 4.98 Å². The first-order chi connectivity index (χ1) is 15.3. The molecule has 1 atom stereocenters. The van der Waals surface area contributed by atoms with Crippen LogP contribution < -0.4 is 0 Å². The van der Waals surface area contributed by atoms with E-state index in [1.54, 1.807) is 17.5 Å². The number of rotatable bonds is 5. The fourth-order valence-electron chi connectivity index (χ4n) is 4.10. The molecule has 0 radical (unpaired) electrons. The summed E-state index contributed by atoms with van der Waals surface area (Å²) in [6.07, 6.45) is 10.2. The van der Waals surface area contributed by atoms with Gasteiger partial charge in [0.05, 0.1) is 28.1 Å². The minimum absolute atomic E-state index is 0.159. The van der Waals surface area contributed by atoms with E-state index >= 15 is 0 Å². The summed E-state index contributed by atoms with van der Waals surface area (Å²) in [7, 11) is 0. The van der Waals surface area contributed by atoms with Crippen LogP contribution in [0.15, 0.2) is 41.8 Å². The molecular formula is C24H26N4O2S. The lowest BCUT2D eigenvalue weighted by atomic mass is 9.94. The van der Waals surface area contributed by atoms with Gasteiger partial charge < -0.3 is 9.57 Å². The first-order valence-electron chi connectivity index (χ1n) is 11.0. The first kappa shape index (κ1) is 20.3. The Kier molecular flexibility index (Phi) is 6.04. The maximum Gasteiger partial charge on any atom is 0.143 e. The summed E-state index contributed by atoms with van der Waals surface area (Å²) in [6.45, 7) is 3.38. The lowest BCUT2D eigenvalue weighted by Gasteiger charge is -2.22. The molecular weight excluding hydrogens is 408 g/mol. The largest absolute Gasteiger partial charge is 0.393 e. The van der Waals surface area contributed by atoms with Crippen molar-refractivity contribution in [3.63, 3.8) is 0 Å². The van der Waals surface area contributed by atoms with Crippen LogP contribution in [0.3, 0.4) is 0 Å². The van der Waals surface area contributed by atoms with Crippen molar-refractivity contribution in [2.24, 2.45) is 5.16 Å². The average molecular weight is 435 g/mol. The zero-order chi connectivity index (χ0) is 21.0. The van der Waals surface area contributed by atoms with E-state index in [9.17, 15) is 0 Å². The Hall–Kier alpha value is -2.64. The predicted octanol–water partition coefficient (Wildman–Crippen LogP) is 5.20. The number of aromatic nitrogens is 3. The highest BCUT2D eigenvalue weighted by Gasteiger charge is 2.21. The molecule has 0 spiro atoms. The molecule has 6 nitrogen and oxygen atoms in total. The highest BCUT2D eigenvalue weighted by Crippen LogP contribution is 2.35. The molecule has 0 N–H and O–H groups in total. The molecule has 2 aliphatic rings. The van der Waals surface area contributed by atoms with E-state index in [0.29, 0.717) is 6.61 Å². The summed E-state index contributed by atoms with van der Waals surface area (Å²) in [6, 6.07) is 8.25. The second-order valence-corrected chi connectivity index (χ2v) is 9.05. The number of ether oxygens (including phenoxy) is 1. The highest BCUT2D eigenvalue weighted by atomic mass is 32.1. The SMILES string of the molecule is Cc1nc(-c2cccnc2)sc1-c1ccc2c(n1)/C(=N/OCC1CCCCO1)CCC2. The number of fused-ring (bicyclic) bond motifs is 1. The molecule has 0 amide bonds. The predicted molar refractivity (Wildman–Crippen MR) is 122 cm³/mol. The van der Waals surface area contributed by atoms with E-state index in [-0.39, 0.29) is 6.10 Å². The number of hydrogen-bond acceptors (Lipinski definition) is 7. The van der Waals surface area contributed by atoms with Gasteiger partial charge >= 0.3 is 0 Å². The van der Waals surface area contributed by atoms with Crippen molar-refractivity contribution in [2.45, 2.75) is 51.6 Å². The van der Waals surface area contributed by atoms with Crippen molar-refractivity contribution in [1.29, 1.82) is 0 Å². The lowest BCUT2D eigenvalue weighted by molar-refractivity contribution is -0.0397. The van der Waals surface area contributed by atoms with Gasteiger partial charge in [0.2, 0.25) is 0 Å². The molecule has 7 heteroatoms. The van der Waals surface area contributed by atoms with Crippen LogP contribution >= 0.6 is 11.3 Å². The van der Waals surface area contributed by atoms with E-state index in [2.05, 4.69) is 22.3 Å². The van der Waals surface area contributed by atoms with Crippen LogP contribution in [0.1, 0.15) is 49.1 Å². The second kappa shape index (κ2) is 9.24. The molecule has 1 unspecified atom stereocenters. The van der Waals surface area contributed by atoms with Gasteiger partial charge in [-0.2, -0.15) is 0 Å². The molecule has 1 saturated heterocycles. The van der Waals surface area contributed by atoms with Crippen molar-refractivity contribution >= 4 is 17.0 Å². The van der Waals surface area contributed by atoms with E-state index < -0.39 is 0 Å². The van der Waals surface area contributed by atoms with Crippen LogP contribution in [0.2, 0.25) is 0 Å². The fraction of sp³-hybridized carbons (Fsp3) is 0.417. The second-order valence-electron chi connectivity index (χ2n) is 8.06. The molecule has 1 aliphatic heterocycles. The number of nitrogens with zero attached hydrogens (tertiary/aromatic N) is 4. The third-order valence-electron chi connectivity index (χ3n) is 5.76. The zero-order valence-corrected chi connectivity index (χ0v) is 18.5. The Bertz CT molecular complexity index is 1070. The van der Waals surface area contributed by atoms with Gasteiger partial charge in [-0.15, -0.1) is 11.3 Å². The van der Waals surface area contributed by atoms with Gasteiger partial charge in [0.1, 0.15) is 17.3 Å². The average Bonchev–Trinajstić information content (AvgIpc) is 3.22. The molecule has 5 rings (SSSR count). The monoisotopic (exact) mass is 434 g/mol. The standard InChI is InChI=1S/C24H26N4O2S/c1-16-23(31-24(26-16)18-7-5-12-25-14-18)21-11-10-17-6-4-9-20(22(17)27-21)28-30-15-19-8-2-3-13-29-19/h5,7,10-12,14,19H,2-4,6,8-9,13,15H2,1H3/b28-20+. The molecule has 1 fully saturated rings. The summed E-state index contributed by atoms with van der Waals surface area (Å²) >= 11 is 1.65. The number of oxime groups is 1. The van der Waals surface area contributed by atoms with Crippen LogP contribution in [-0.2, 0) is 16.0 Å². The minimum Gasteiger partial charge on any atom is -0.393 e. The van der Waals surface area contributed by atoms with Gasteiger partial charge in [0.25, 0.3) is 0 Å². The lowest BCUT2D eigenvalue weighted by Crippen LogP contribution is -2.24. The number of aryl methyl sites for hydroxylation is 2. The van der Waals surface area contributed by atoms with Crippen molar-refractivity contribution in [3.05, 3.63) is 53.6 Å². The fourth-order valence-corrected chi connectivity index (χ4v) is 5.13. The van der Waals surface area contributed by atoms with E-state index in [1.807, 2.05) is 25.3 Å². The van der Waals surface area contributed by atoms with E-state index in [0.717, 1.165) is 77.0 Å². The van der Waals surface area contributed by atoms with Crippen LogP contribution in [0.25, 0.3) is 21.1 Å². The third kappa shape index (κ3) is 4.52. The molecule has 3 aromatic rings. The number of hydrogen-bond donors (Lipinski definition) is 0. The Morgan fingerprint density at radius 2 is 2.13 bits per heavy atom. The zero-order valence-electron chi connectivity index (χ0n) is 17.7. The van der Waals surface area contributed by atoms with Gasteiger partial charge in [-0.1, -0.05) is 11.2 Å². The summed E-state index contributed by atoms with van der Waals surface area (Å²) in [5.74, 6) is 0. The third-order valence-corrected chi connectivity index (χ3v) is 6.99. The quantitative estimate of drug-likeness (QED) is 0.516. The Labute approximate surface area is 186 Å². The highest BCUT2D eigenvalue weighted by molar-refractivity contribution is 7.18. The summed E-state index contributed by atoms with van der Waals surface area (Å²) < 4.78 is 5.75. The van der Waals surface area contributed by atoms with Crippen molar-refractivity contribution in [2.75, 3.05) is 13.2 Å². The van der Waals surface area contributed by atoms with E-state index in [4.69, 9.17) is 19.5 Å². The Morgan fingerprint density at radius 3 is 2.97 bits per heavy atom.